The Morgan fingerprint density at radius 1 is 1.00 bits per heavy atom. The first kappa shape index (κ1) is 23.9. The molecule has 0 aliphatic rings. The molecule has 1 atom stereocenters. The van der Waals surface area contributed by atoms with Gasteiger partial charge in [0.15, 0.2) is 17.2 Å². The van der Waals surface area contributed by atoms with Crippen LogP contribution >= 0.6 is 0 Å². The molecule has 6 rings (SSSR count). The summed E-state index contributed by atoms with van der Waals surface area (Å²) < 4.78 is 3.16. The van der Waals surface area contributed by atoms with E-state index in [0.717, 1.165) is 38.9 Å². The average molecular weight is 513 g/mol. The molecule has 1 unspecified atom stereocenters. The number of hydrogen-bond donors (Lipinski definition) is 2. The Balaban J connectivity index is 1.43. The molecule has 0 spiro atoms. The van der Waals surface area contributed by atoms with E-state index in [1.165, 1.54) is 4.52 Å². The molecule has 9 nitrogen and oxygen atoms in total. The number of aromatic nitrogens is 6. The summed E-state index contributed by atoms with van der Waals surface area (Å²) in [5.41, 5.74) is 11.8. The first-order valence-corrected chi connectivity index (χ1v) is 12.4. The van der Waals surface area contributed by atoms with Gasteiger partial charge < -0.3 is 11.1 Å². The van der Waals surface area contributed by atoms with Crippen molar-refractivity contribution in [3.8, 4) is 23.0 Å². The number of pyridine rings is 1. The monoisotopic (exact) mass is 512 g/mol. The average Bonchev–Trinajstić information content (AvgIpc) is 3.52. The summed E-state index contributed by atoms with van der Waals surface area (Å²) in [6.45, 7) is 1.90. The van der Waals surface area contributed by atoms with Crippen LogP contribution in [0, 0.1) is 11.8 Å². The van der Waals surface area contributed by atoms with Gasteiger partial charge in [0.1, 0.15) is 0 Å². The van der Waals surface area contributed by atoms with Crippen LogP contribution in [0.15, 0.2) is 85.3 Å². The highest BCUT2D eigenvalue weighted by Crippen LogP contribution is 2.32. The zero-order chi connectivity index (χ0) is 26.9. The lowest BCUT2D eigenvalue weighted by atomic mass is 9.96. The van der Waals surface area contributed by atoms with Gasteiger partial charge in [0.25, 0.3) is 5.91 Å². The number of nitrogens with one attached hydrogen (secondary N) is 1. The summed E-state index contributed by atoms with van der Waals surface area (Å²) in [4.78, 5) is 22.6. The molecule has 3 N–H and O–H groups in total. The minimum Gasteiger partial charge on any atom is -0.382 e. The molecule has 9 heteroatoms. The quantitative estimate of drug-likeness (QED) is 0.343. The van der Waals surface area contributed by atoms with Gasteiger partial charge in [0.05, 0.1) is 29.0 Å². The maximum atomic E-state index is 13.4. The van der Waals surface area contributed by atoms with Gasteiger partial charge in [-0.25, -0.2) is 14.5 Å². The predicted molar refractivity (Wildman–Crippen MR) is 150 cm³/mol. The van der Waals surface area contributed by atoms with E-state index < -0.39 is 6.04 Å². The summed E-state index contributed by atoms with van der Waals surface area (Å²) in [5, 5.41) is 12.4. The Morgan fingerprint density at radius 2 is 1.85 bits per heavy atom. The van der Waals surface area contributed by atoms with Gasteiger partial charge in [-0.05, 0) is 42.8 Å². The van der Waals surface area contributed by atoms with Crippen LogP contribution in [0.1, 0.15) is 40.3 Å². The van der Waals surface area contributed by atoms with Crippen molar-refractivity contribution in [2.75, 3.05) is 5.73 Å². The van der Waals surface area contributed by atoms with Crippen molar-refractivity contribution >= 4 is 28.3 Å². The van der Waals surface area contributed by atoms with E-state index in [0.29, 0.717) is 5.65 Å². The minimum absolute atomic E-state index is 0.116. The molecule has 0 radical (unpaired) electrons. The fourth-order valence-corrected chi connectivity index (χ4v) is 4.58. The summed E-state index contributed by atoms with van der Waals surface area (Å²) >= 11 is 0. The Morgan fingerprint density at radius 3 is 2.64 bits per heavy atom. The third-order valence-electron chi connectivity index (χ3n) is 6.41. The molecular weight excluding hydrogens is 488 g/mol. The number of anilines is 1. The number of carbonyl (C=O) groups excluding carboxylic acids is 1. The molecule has 2 aromatic carbocycles. The molecule has 0 fully saturated rings. The van der Waals surface area contributed by atoms with E-state index in [1.54, 1.807) is 29.2 Å². The van der Waals surface area contributed by atoms with Crippen LogP contribution in [-0.2, 0) is 7.05 Å². The Kier molecular flexibility index (Phi) is 5.98. The highest BCUT2D eigenvalue weighted by molar-refractivity contribution is 5.98. The minimum atomic E-state index is -0.448. The van der Waals surface area contributed by atoms with Crippen LogP contribution < -0.4 is 11.1 Å². The van der Waals surface area contributed by atoms with Gasteiger partial charge in [-0.2, -0.15) is 10.2 Å². The number of aryl methyl sites for hydroxylation is 1. The number of nitrogens with two attached hydrogens (primary N) is 1. The van der Waals surface area contributed by atoms with Crippen molar-refractivity contribution in [1.29, 1.82) is 0 Å². The number of amides is 1. The van der Waals surface area contributed by atoms with E-state index >= 15 is 0 Å². The molecule has 0 bridgehead atoms. The zero-order valence-electron chi connectivity index (χ0n) is 21.3. The molecule has 190 valence electrons. The van der Waals surface area contributed by atoms with Crippen LogP contribution in [-0.4, -0.2) is 35.3 Å². The van der Waals surface area contributed by atoms with E-state index in [9.17, 15) is 4.79 Å². The number of nitrogen functional groups attached to an aromatic ring is 1. The van der Waals surface area contributed by atoms with Crippen LogP contribution in [0.2, 0.25) is 0 Å². The number of hydrogen-bond acceptors (Lipinski definition) is 6. The molecule has 0 aliphatic heterocycles. The molecule has 0 saturated heterocycles. The summed E-state index contributed by atoms with van der Waals surface area (Å²) in [6, 6.07) is 21.0. The second kappa shape index (κ2) is 9.76. The first-order valence-electron chi connectivity index (χ1n) is 12.4. The fourth-order valence-electron chi connectivity index (χ4n) is 4.58. The maximum absolute atomic E-state index is 13.4. The lowest BCUT2D eigenvalue weighted by Gasteiger charge is -2.19. The highest BCUT2D eigenvalue weighted by Gasteiger charge is 2.23. The number of fused-ring (bicyclic) bond motifs is 2. The molecule has 6 aromatic rings. The molecule has 4 heterocycles. The Labute approximate surface area is 224 Å². The number of imidazole rings is 1. The van der Waals surface area contributed by atoms with Crippen molar-refractivity contribution < 1.29 is 4.79 Å². The van der Waals surface area contributed by atoms with E-state index in [-0.39, 0.29) is 17.4 Å². The zero-order valence-corrected chi connectivity index (χ0v) is 21.3. The molecule has 4 aromatic heterocycles. The second-order valence-corrected chi connectivity index (χ2v) is 9.15. The van der Waals surface area contributed by atoms with Gasteiger partial charge in [0, 0.05) is 36.0 Å². The molecule has 1 amide bonds. The molecule has 0 saturated carbocycles. The fraction of sp³-hybridized carbons (Fsp3) is 0.100. The van der Waals surface area contributed by atoms with Gasteiger partial charge >= 0.3 is 0 Å². The van der Waals surface area contributed by atoms with Crippen molar-refractivity contribution in [1.82, 2.24) is 34.7 Å². The largest absolute Gasteiger partial charge is 0.382 e. The van der Waals surface area contributed by atoms with Gasteiger partial charge in [0.2, 0.25) is 0 Å². The van der Waals surface area contributed by atoms with Crippen molar-refractivity contribution in [2.45, 2.75) is 13.0 Å². The highest BCUT2D eigenvalue weighted by atomic mass is 16.2. The van der Waals surface area contributed by atoms with Gasteiger partial charge in [-0.1, -0.05) is 48.2 Å². The summed E-state index contributed by atoms with van der Waals surface area (Å²) in [5.74, 6) is 6.19. The lowest BCUT2D eigenvalue weighted by Crippen LogP contribution is -2.29. The van der Waals surface area contributed by atoms with E-state index in [1.807, 2.05) is 68.7 Å². The van der Waals surface area contributed by atoms with Crippen molar-refractivity contribution in [3.05, 3.63) is 108 Å². The van der Waals surface area contributed by atoms with Crippen molar-refractivity contribution in [3.63, 3.8) is 0 Å². The number of benzene rings is 2. The SMILES string of the molecule is CC(NC(=O)c1c(N)nc2cccnn12)c1nc2cccc(C#Cc3cnn(C)c3)c2cc1-c1ccccc1. The van der Waals surface area contributed by atoms with Crippen LogP contribution in [0.3, 0.4) is 0 Å². The third kappa shape index (κ3) is 4.55. The Bertz CT molecular complexity index is 1910. The maximum Gasteiger partial charge on any atom is 0.274 e. The van der Waals surface area contributed by atoms with E-state index in [2.05, 4.69) is 38.4 Å². The Hall–Kier alpha value is -5.49. The van der Waals surface area contributed by atoms with Gasteiger partial charge in [-0.3, -0.25) is 9.48 Å². The summed E-state index contributed by atoms with van der Waals surface area (Å²) in [7, 11) is 1.86. The molecule has 0 aliphatic carbocycles. The molecule has 39 heavy (non-hydrogen) atoms. The van der Waals surface area contributed by atoms with Crippen molar-refractivity contribution in [2.24, 2.45) is 7.05 Å². The lowest BCUT2D eigenvalue weighted by molar-refractivity contribution is 0.0933. The summed E-state index contributed by atoms with van der Waals surface area (Å²) in [6.07, 6.45) is 5.20. The van der Waals surface area contributed by atoms with Gasteiger partial charge in [-0.15, -0.1) is 0 Å². The number of rotatable bonds is 4. The normalized spacial score (nSPS) is 11.7. The number of nitrogens with zero attached hydrogens (tertiary/aromatic N) is 6. The number of carbonyl (C=O) groups is 1. The standard InChI is InChI=1S/C30H24N8O/c1-19(34-30(39)28-29(31)36-26-12-7-15-32-38(26)28)27-24(21-8-4-3-5-9-21)16-23-22(10-6-11-25(23)35-27)14-13-20-17-33-37(2)18-20/h3-12,15-19H,31H2,1-2H3,(H,34,39). The van der Waals surface area contributed by atoms with Crippen LogP contribution in [0.5, 0.6) is 0 Å². The molecular formula is C30H24N8O. The van der Waals surface area contributed by atoms with Crippen LogP contribution in [0.4, 0.5) is 5.82 Å². The predicted octanol–water partition coefficient (Wildman–Crippen LogP) is 4.15. The second-order valence-electron chi connectivity index (χ2n) is 9.15. The third-order valence-corrected chi connectivity index (χ3v) is 6.41. The topological polar surface area (TPSA) is 116 Å². The first-order chi connectivity index (χ1) is 19.0. The van der Waals surface area contributed by atoms with Crippen LogP contribution in [0.25, 0.3) is 27.7 Å². The van der Waals surface area contributed by atoms with E-state index in [4.69, 9.17) is 10.7 Å². The smallest absolute Gasteiger partial charge is 0.274 e.